The number of nitrogens with zero attached hydrogens (tertiary/aromatic N) is 2. The minimum Gasteiger partial charge on any atom is -0.480 e. The Morgan fingerprint density at radius 2 is 2.00 bits per heavy atom. The van der Waals surface area contributed by atoms with E-state index in [2.05, 4.69) is 10.4 Å². The molecule has 0 saturated heterocycles. The van der Waals surface area contributed by atoms with E-state index in [1.54, 1.807) is 34.7 Å². The van der Waals surface area contributed by atoms with Crippen molar-refractivity contribution in [2.24, 2.45) is 12.5 Å². The highest BCUT2D eigenvalue weighted by Crippen LogP contribution is 2.21. The van der Waals surface area contributed by atoms with E-state index < -0.39 is 23.3 Å². The van der Waals surface area contributed by atoms with E-state index in [4.69, 9.17) is 16.7 Å². The van der Waals surface area contributed by atoms with Crippen molar-refractivity contribution in [2.75, 3.05) is 0 Å². The number of aryl methyl sites for hydroxylation is 2. The molecule has 0 radical (unpaired) electrons. The van der Waals surface area contributed by atoms with Gasteiger partial charge in [-0.3, -0.25) is 9.48 Å². The monoisotopic (exact) mass is 313 g/mol. The molecule has 0 saturated carbocycles. The second-order valence-corrected chi connectivity index (χ2v) is 6.25. The fourth-order valence-corrected chi connectivity index (χ4v) is 2.07. The molecule has 1 aromatic heterocycles. The Labute approximate surface area is 128 Å². The number of hydrogen-bond acceptors (Lipinski definition) is 3. The number of amides is 1. The Kier molecular flexibility index (Phi) is 5.17. The second-order valence-electron chi connectivity index (χ2n) is 5.89. The highest BCUT2D eigenvalue weighted by atomic mass is 35.5. The van der Waals surface area contributed by atoms with Crippen molar-refractivity contribution in [3.63, 3.8) is 0 Å². The molecule has 116 valence electrons. The Morgan fingerprint density at radius 3 is 2.38 bits per heavy atom. The zero-order chi connectivity index (χ0) is 16.4. The third kappa shape index (κ3) is 4.32. The summed E-state index contributed by atoms with van der Waals surface area (Å²) in [5, 5.41) is 16.2. The van der Waals surface area contributed by atoms with Crippen molar-refractivity contribution in [1.82, 2.24) is 15.1 Å². The van der Waals surface area contributed by atoms with Crippen LogP contribution in [0.2, 0.25) is 5.15 Å². The molecule has 0 fully saturated rings. The molecule has 1 rings (SSSR count). The first kappa shape index (κ1) is 17.2. The van der Waals surface area contributed by atoms with Gasteiger partial charge in [-0.25, -0.2) is 4.79 Å². The van der Waals surface area contributed by atoms with E-state index in [-0.39, 0.29) is 0 Å². The first-order valence-corrected chi connectivity index (χ1v) is 6.82. The van der Waals surface area contributed by atoms with Gasteiger partial charge < -0.3 is 10.4 Å². The molecule has 1 amide bonds. The van der Waals surface area contributed by atoms with E-state index in [0.717, 1.165) is 0 Å². The average Bonchev–Trinajstić information content (AvgIpc) is 2.56. The van der Waals surface area contributed by atoms with Crippen molar-refractivity contribution in [3.8, 4) is 0 Å². The molecule has 7 heteroatoms. The standard InChI is InChI=1S/C14H20ClN3O3/c1-8-9(12(15)18(5)17-8)6-7-10(19)16-11(13(20)21)14(2,3)4/h6-7,11H,1-5H3,(H,16,19)(H,20,21)/b7-6+. The number of carbonyl (C=O) groups excluding carboxylic acids is 1. The highest BCUT2D eigenvalue weighted by Gasteiger charge is 2.32. The highest BCUT2D eigenvalue weighted by molar-refractivity contribution is 6.31. The SMILES string of the molecule is Cc1nn(C)c(Cl)c1/C=C/C(=O)NC(C(=O)O)C(C)(C)C. The number of carboxylic acid groups (broad SMARTS) is 1. The molecule has 0 aliphatic rings. The van der Waals surface area contributed by atoms with Crippen LogP contribution in [0.5, 0.6) is 0 Å². The zero-order valence-corrected chi connectivity index (χ0v) is 13.5. The van der Waals surface area contributed by atoms with Gasteiger partial charge in [0.1, 0.15) is 11.2 Å². The van der Waals surface area contributed by atoms with Crippen molar-refractivity contribution in [1.29, 1.82) is 0 Å². The number of rotatable bonds is 4. The molecule has 0 bridgehead atoms. The molecular weight excluding hydrogens is 294 g/mol. The van der Waals surface area contributed by atoms with Gasteiger partial charge in [0.15, 0.2) is 0 Å². The van der Waals surface area contributed by atoms with E-state index in [1.807, 2.05) is 0 Å². The Balaban J connectivity index is 2.86. The number of aromatic nitrogens is 2. The summed E-state index contributed by atoms with van der Waals surface area (Å²) >= 11 is 6.05. The van der Waals surface area contributed by atoms with Gasteiger partial charge in [-0.2, -0.15) is 5.10 Å². The van der Waals surface area contributed by atoms with Crippen molar-refractivity contribution in [3.05, 3.63) is 22.5 Å². The lowest BCUT2D eigenvalue weighted by atomic mass is 9.87. The molecular formula is C14H20ClN3O3. The van der Waals surface area contributed by atoms with Gasteiger partial charge in [0, 0.05) is 18.7 Å². The molecule has 1 unspecified atom stereocenters. The van der Waals surface area contributed by atoms with E-state index in [1.165, 1.54) is 16.8 Å². The van der Waals surface area contributed by atoms with Crippen LogP contribution in [-0.2, 0) is 16.6 Å². The number of aliphatic carboxylic acids is 1. The van der Waals surface area contributed by atoms with Crippen LogP contribution in [0.25, 0.3) is 6.08 Å². The minimum atomic E-state index is -1.07. The summed E-state index contributed by atoms with van der Waals surface area (Å²) < 4.78 is 1.50. The Bertz CT molecular complexity index is 585. The van der Waals surface area contributed by atoms with Gasteiger partial charge in [-0.1, -0.05) is 32.4 Å². The summed E-state index contributed by atoms with van der Waals surface area (Å²) in [5.41, 5.74) is 0.742. The lowest BCUT2D eigenvalue weighted by Gasteiger charge is -2.27. The lowest BCUT2D eigenvalue weighted by Crippen LogP contribution is -2.48. The molecule has 1 aromatic rings. The van der Waals surface area contributed by atoms with E-state index in [0.29, 0.717) is 16.4 Å². The summed E-state index contributed by atoms with van der Waals surface area (Å²) in [6.07, 6.45) is 2.79. The molecule has 1 atom stereocenters. The minimum absolute atomic E-state index is 0.419. The summed E-state index contributed by atoms with van der Waals surface area (Å²) in [6.45, 7) is 7.02. The molecule has 0 aromatic carbocycles. The number of carbonyl (C=O) groups is 2. The van der Waals surface area contributed by atoms with Crippen LogP contribution in [0.15, 0.2) is 6.08 Å². The maximum absolute atomic E-state index is 11.9. The van der Waals surface area contributed by atoms with Gasteiger partial charge in [0.05, 0.1) is 5.69 Å². The number of nitrogens with one attached hydrogen (secondary N) is 1. The van der Waals surface area contributed by atoms with E-state index >= 15 is 0 Å². The number of carboxylic acids is 1. The molecule has 2 N–H and O–H groups in total. The summed E-state index contributed by atoms with van der Waals surface area (Å²) in [6, 6.07) is -0.972. The predicted molar refractivity (Wildman–Crippen MR) is 81.0 cm³/mol. The van der Waals surface area contributed by atoms with Crippen molar-refractivity contribution >= 4 is 29.6 Å². The molecule has 0 aliphatic carbocycles. The van der Waals surface area contributed by atoms with Crippen LogP contribution < -0.4 is 5.32 Å². The predicted octanol–water partition coefficient (Wildman–Crippen LogP) is 2.01. The smallest absolute Gasteiger partial charge is 0.326 e. The van der Waals surface area contributed by atoms with Gasteiger partial charge in [-0.15, -0.1) is 0 Å². The molecule has 1 heterocycles. The van der Waals surface area contributed by atoms with Gasteiger partial charge >= 0.3 is 5.97 Å². The first-order valence-electron chi connectivity index (χ1n) is 6.44. The number of hydrogen-bond donors (Lipinski definition) is 2. The molecule has 6 nitrogen and oxygen atoms in total. The molecule has 0 aliphatic heterocycles. The average molecular weight is 314 g/mol. The van der Waals surface area contributed by atoms with Crippen LogP contribution >= 0.6 is 11.6 Å². The Morgan fingerprint density at radius 1 is 1.43 bits per heavy atom. The molecule has 0 spiro atoms. The summed E-state index contributed by atoms with van der Waals surface area (Å²) in [7, 11) is 1.70. The third-order valence-corrected chi connectivity index (χ3v) is 3.45. The zero-order valence-electron chi connectivity index (χ0n) is 12.8. The second kappa shape index (κ2) is 6.30. The van der Waals surface area contributed by atoms with Gasteiger partial charge in [0.25, 0.3) is 0 Å². The molecule has 21 heavy (non-hydrogen) atoms. The summed E-state index contributed by atoms with van der Waals surface area (Å²) in [4.78, 5) is 23.1. The van der Waals surface area contributed by atoms with Gasteiger partial charge in [0.2, 0.25) is 5.91 Å². The van der Waals surface area contributed by atoms with Crippen LogP contribution in [0.1, 0.15) is 32.0 Å². The van der Waals surface area contributed by atoms with E-state index in [9.17, 15) is 9.59 Å². The summed E-state index contributed by atoms with van der Waals surface area (Å²) in [5.74, 6) is -1.56. The quantitative estimate of drug-likeness (QED) is 0.833. The topological polar surface area (TPSA) is 84.2 Å². The van der Waals surface area contributed by atoms with Crippen LogP contribution in [-0.4, -0.2) is 32.8 Å². The Hall–Kier alpha value is -1.82. The fraction of sp³-hybridized carbons (Fsp3) is 0.500. The largest absolute Gasteiger partial charge is 0.480 e. The third-order valence-electron chi connectivity index (χ3n) is 3.00. The van der Waals surface area contributed by atoms with Gasteiger partial charge in [-0.05, 0) is 18.4 Å². The number of halogens is 1. The van der Waals surface area contributed by atoms with Crippen LogP contribution in [0.3, 0.4) is 0 Å². The van der Waals surface area contributed by atoms with Crippen LogP contribution in [0, 0.1) is 12.3 Å². The van der Waals surface area contributed by atoms with Crippen molar-refractivity contribution < 1.29 is 14.7 Å². The maximum Gasteiger partial charge on any atom is 0.326 e. The first-order chi connectivity index (χ1) is 9.54. The lowest BCUT2D eigenvalue weighted by molar-refractivity contribution is -0.144. The fourth-order valence-electron chi connectivity index (χ4n) is 1.83. The van der Waals surface area contributed by atoms with Crippen LogP contribution in [0.4, 0.5) is 0 Å². The van der Waals surface area contributed by atoms with Crippen molar-refractivity contribution in [2.45, 2.75) is 33.7 Å². The normalized spacial score (nSPS) is 13.4. The maximum atomic E-state index is 11.9.